The maximum atomic E-state index is 12.9. The molecule has 1 heterocycles. The highest BCUT2D eigenvalue weighted by Gasteiger charge is 2.33. The quantitative estimate of drug-likeness (QED) is 0.750. The van der Waals surface area contributed by atoms with Crippen LogP contribution in [-0.2, 0) is 17.5 Å². The number of hydrogen-bond donors (Lipinski definition) is 2. The van der Waals surface area contributed by atoms with Crippen molar-refractivity contribution in [1.82, 2.24) is 10.2 Å². The van der Waals surface area contributed by atoms with E-state index in [0.29, 0.717) is 18.0 Å². The van der Waals surface area contributed by atoms with E-state index in [1.165, 1.54) is 0 Å². The summed E-state index contributed by atoms with van der Waals surface area (Å²) in [4.78, 5) is 2.47. The number of rotatable bonds is 6. The molecular weight excluding hydrogens is 369 g/mol. The number of aromatic hydroxyl groups is 1. The molecule has 1 aromatic rings. The van der Waals surface area contributed by atoms with Crippen molar-refractivity contribution in [2.24, 2.45) is 5.92 Å². The molecule has 1 aliphatic carbocycles. The molecule has 2 N–H and O–H groups in total. The van der Waals surface area contributed by atoms with Crippen LogP contribution in [0.5, 0.6) is 5.75 Å². The summed E-state index contributed by atoms with van der Waals surface area (Å²) in [5.74, 6) is 0.150. The molecule has 0 amide bonds. The summed E-state index contributed by atoms with van der Waals surface area (Å²) in [6.07, 6.45) is 0.797. The van der Waals surface area contributed by atoms with Gasteiger partial charge in [0.15, 0.2) is 0 Å². The predicted molar refractivity (Wildman–Crippen MR) is 102 cm³/mol. The van der Waals surface area contributed by atoms with Crippen LogP contribution in [0.4, 0.5) is 13.2 Å². The van der Waals surface area contributed by atoms with Crippen molar-refractivity contribution >= 4 is 0 Å². The zero-order valence-corrected chi connectivity index (χ0v) is 16.3. The number of hydrogen-bond acceptors (Lipinski definition) is 4. The maximum Gasteiger partial charge on any atom is 0.416 e. The summed E-state index contributed by atoms with van der Waals surface area (Å²) in [5.41, 5.74) is 0.302. The Labute approximate surface area is 164 Å². The van der Waals surface area contributed by atoms with Gasteiger partial charge in [0, 0.05) is 43.1 Å². The van der Waals surface area contributed by atoms with Crippen LogP contribution < -0.4 is 5.32 Å². The first-order valence-corrected chi connectivity index (χ1v) is 9.87. The Hall–Kier alpha value is -1.73. The first kappa shape index (κ1) is 21.0. The number of phenols is 1. The molecule has 7 heteroatoms. The van der Waals surface area contributed by atoms with E-state index in [9.17, 15) is 18.3 Å². The SMILES string of the molecule is C=C(NCc1cc(C(F)(F)F)ccc1O)[C@H]1CC[C@@H](N(C)C2CCOCC2)C1. The van der Waals surface area contributed by atoms with E-state index in [2.05, 4.69) is 23.8 Å². The van der Waals surface area contributed by atoms with Crippen LogP contribution in [0, 0.1) is 5.92 Å². The van der Waals surface area contributed by atoms with Crippen LogP contribution in [0.3, 0.4) is 0 Å². The van der Waals surface area contributed by atoms with Gasteiger partial charge in [-0.25, -0.2) is 0 Å². The molecule has 1 aromatic carbocycles. The van der Waals surface area contributed by atoms with E-state index in [-0.39, 0.29) is 17.9 Å². The minimum absolute atomic E-state index is 0.131. The number of nitrogens with zero attached hydrogens (tertiary/aromatic N) is 1. The molecule has 0 radical (unpaired) electrons. The number of phenolic OH excluding ortho intramolecular Hbond substituents is 1. The molecule has 1 aliphatic heterocycles. The lowest BCUT2D eigenvalue weighted by Crippen LogP contribution is -2.42. The van der Waals surface area contributed by atoms with Crippen LogP contribution in [-0.4, -0.2) is 42.4 Å². The van der Waals surface area contributed by atoms with Gasteiger partial charge < -0.3 is 20.1 Å². The predicted octanol–water partition coefficient (Wildman–Crippen LogP) is 4.29. The van der Waals surface area contributed by atoms with Gasteiger partial charge in [-0.3, -0.25) is 0 Å². The highest BCUT2D eigenvalue weighted by Crippen LogP contribution is 2.35. The van der Waals surface area contributed by atoms with Crippen molar-refractivity contribution < 1.29 is 23.0 Å². The third-order valence-electron chi connectivity index (χ3n) is 6.15. The largest absolute Gasteiger partial charge is 0.508 e. The molecule has 1 saturated heterocycles. The zero-order chi connectivity index (χ0) is 20.3. The Kier molecular flexibility index (Phi) is 6.55. The van der Waals surface area contributed by atoms with Gasteiger partial charge in [0.2, 0.25) is 0 Å². The third-order valence-corrected chi connectivity index (χ3v) is 6.15. The Morgan fingerprint density at radius 2 is 1.93 bits per heavy atom. The third kappa shape index (κ3) is 5.00. The average Bonchev–Trinajstić information content (AvgIpc) is 3.16. The van der Waals surface area contributed by atoms with Crippen LogP contribution in [0.25, 0.3) is 0 Å². The van der Waals surface area contributed by atoms with Gasteiger partial charge in [-0.15, -0.1) is 0 Å². The molecule has 0 aromatic heterocycles. The number of halogens is 3. The van der Waals surface area contributed by atoms with Crippen LogP contribution in [0.2, 0.25) is 0 Å². The van der Waals surface area contributed by atoms with Crippen molar-refractivity contribution in [3.8, 4) is 5.75 Å². The highest BCUT2D eigenvalue weighted by molar-refractivity contribution is 5.37. The molecule has 4 nitrogen and oxygen atoms in total. The summed E-state index contributed by atoms with van der Waals surface area (Å²) in [5, 5.41) is 13.0. The van der Waals surface area contributed by atoms with Gasteiger partial charge in [0.1, 0.15) is 5.75 Å². The first-order chi connectivity index (χ1) is 13.3. The average molecular weight is 398 g/mol. The second-order valence-electron chi connectivity index (χ2n) is 7.89. The molecule has 1 saturated carbocycles. The summed E-state index contributed by atoms with van der Waals surface area (Å²) < 4.78 is 44.1. The second kappa shape index (κ2) is 8.74. The topological polar surface area (TPSA) is 44.7 Å². The van der Waals surface area contributed by atoms with E-state index >= 15 is 0 Å². The molecule has 0 bridgehead atoms. The van der Waals surface area contributed by atoms with Crippen molar-refractivity contribution in [2.75, 3.05) is 20.3 Å². The van der Waals surface area contributed by atoms with Crippen molar-refractivity contribution in [2.45, 2.75) is 56.9 Å². The fraction of sp³-hybridized carbons (Fsp3) is 0.619. The molecule has 0 unspecified atom stereocenters. The Bertz CT molecular complexity index is 687. The minimum Gasteiger partial charge on any atom is -0.508 e. The lowest BCUT2D eigenvalue weighted by atomic mass is 10.0. The molecular formula is C21H29F3N2O2. The fourth-order valence-corrected chi connectivity index (χ4v) is 4.29. The lowest BCUT2D eigenvalue weighted by Gasteiger charge is -2.35. The monoisotopic (exact) mass is 398 g/mol. The van der Waals surface area contributed by atoms with Crippen molar-refractivity contribution in [3.63, 3.8) is 0 Å². The number of alkyl halides is 3. The minimum atomic E-state index is -4.42. The molecule has 28 heavy (non-hydrogen) atoms. The molecule has 0 spiro atoms. The number of nitrogens with one attached hydrogen (secondary N) is 1. The van der Waals surface area contributed by atoms with E-state index in [1.54, 1.807) is 0 Å². The molecule has 156 valence electrons. The summed E-state index contributed by atoms with van der Waals surface area (Å²) in [7, 11) is 2.18. The molecule has 2 atom stereocenters. The van der Waals surface area contributed by atoms with Crippen LogP contribution >= 0.6 is 0 Å². The fourth-order valence-electron chi connectivity index (χ4n) is 4.29. The van der Waals surface area contributed by atoms with Gasteiger partial charge in [0.25, 0.3) is 0 Å². The van der Waals surface area contributed by atoms with Crippen LogP contribution in [0.1, 0.15) is 43.2 Å². The Morgan fingerprint density at radius 3 is 2.61 bits per heavy atom. The molecule has 3 rings (SSSR count). The molecule has 2 fully saturated rings. The highest BCUT2D eigenvalue weighted by atomic mass is 19.4. The lowest BCUT2D eigenvalue weighted by molar-refractivity contribution is -0.137. The van der Waals surface area contributed by atoms with Crippen molar-refractivity contribution in [3.05, 3.63) is 41.6 Å². The normalized spacial score (nSPS) is 23.9. The Morgan fingerprint density at radius 1 is 1.21 bits per heavy atom. The van der Waals surface area contributed by atoms with Gasteiger partial charge in [-0.2, -0.15) is 13.2 Å². The van der Waals surface area contributed by atoms with Crippen molar-refractivity contribution in [1.29, 1.82) is 0 Å². The standard InChI is InChI=1S/C21H29F3N2O2/c1-14(25-13-16-11-17(21(22,23)24)4-6-20(16)27)15-3-5-19(12-15)26(2)18-7-9-28-10-8-18/h4,6,11,15,18-19,25,27H,1,3,5,7-10,12-13H2,2H3/t15-,19+/m0/s1. The van der Waals surface area contributed by atoms with Gasteiger partial charge in [0.05, 0.1) is 5.56 Å². The molecule has 2 aliphatic rings. The smallest absolute Gasteiger partial charge is 0.416 e. The summed E-state index contributed by atoms with van der Waals surface area (Å²) in [6.45, 7) is 5.87. The first-order valence-electron chi connectivity index (χ1n) is 9.87. The van der Waals surface area contributed by atoms with Gasteiger partial charge in [-0.1, -0.05) is 6.58 Å². The van der Waals surface area contributed by atoms with E-state index < -0.39 is 11.7 Å². The van der Waals surface area contributed by atoms with Crippen LogP contribution in [0.15, 0.2) is 30.5 Å². The van der Waals surface area contributed by atoms with E-state index in [0.717, 1.165) is 69.2 Å². The maximum absolute atomic E-state index is 12.9. The van der Waals surface area contributed by atoms with Gasteiger partial charge in [-0.05, 0) is 63.3 Å². The van der Waals surface area contributed by atoms with Gasteiger partial charge >= 0.3 is 6.18 Å². The van der Waals surface area contributed by atoms with E-state index in [1.807, 2.05) is 0 Å². The number of benzene rings is 1. The number of ether oxygens (including phenoxy) is 1. The summed E-state index contributed by atoms with van der Waals surface area (Å²) in [6, 6.07) is 4.03. The Balaban J connectivity index is 1.53. The number of allylic oxidation sites excluding steroid dienone is 1. The summed E-state index contributed by atoms with van der Waals surface area (Å²) >= 11 is 0. The second-order valence-corrected chi connectivity index (χ2v) is 7.89. The van der Waals surface area contributed by atoms with E-state index in [4.69, 9.17) is 4.74 Å². The zero-order valence-electron chi connectivity index (χ0n) is 16.3.